The van der Waals surface area contributed by atoms with Crippen molar-refractivity contribution >= 4 is 40.7 Å². The summed E-state index contributed by atoms with van der Waals surface area (Å²) in [4.78, 5) is 29.6. The largest absolute Gasteiger partial charge is 0.352 e. The lowest BCUT2D eigenvalue weighted by Crippen LogP contribution is -2.46. The summed E-state index contributed by atoms with van der Waals surface area (Å²) in [6.45, 7) is 14.6. The number of hydrogen-bond donors (Lipinski definition) is 1. The molecule has 2 amide bonds. The van der Waals surface area contributed by atoms with Crippen LogP contribution in [0.2, 0.25) is 0 Å². The van der Waals surface area contributed by atoms with Gasteiger partial charge in [0.2, 0.25) is 11.8 Å². The highest BCUT2D eigenvalue weighted by Crippen LogP contribution is 2.49. The minimum Gasteiger partial charge on any atom is -0.352 e. The molecule has 0 saturated carbocycles. The van der Waals surface area contributed by atoms with E-state index in [0.717, 1.165) is 22.5 Å². The third-order valence-corrected chi connectivity index (χ3v) is 8.89. The van der Waals surface area contributed by atoms with Crippen molar-refractivity contribution in [3.8, 4) is 5.69 Å². The lowest BCUT2D eigenvalue weighted by molar-refractivity contribution is -0.123. The molecule has 36 heavy (non-hydrogen) atoms. The maximum absolute atomic E-state index is 13.6. The zero-order chi connectivity index (χ0) is 26.2. The van der Waals surface area contributed by atoms with Gasteiger partial charge in [-0.2, -0.15) is 5.10 Å². The molecule has 0 saturated heterocycles. The molecule has 1 aromatic carbocycles. The van der Waals surface area contributed by atoms with Crippen molar-refractivity contribution in [1.29, 1.82) is 0 Å². The number of benzene rings is 1. The van der Waals surface area contributed by atoms with Crippen molar-refractivity contribution in [2.45, 2.75) is 65.2 Å². The Hall–Kier alpha value is -2.58. The molecule has 2 atom stereocenters. The van der Waals surface area contributed by atoms with Gasteiger partial charge >= 0.3 is 0 Å². The second-order valence-electron chi connectivity index (χ2n) is 10.9. The maximum atomic E-state index is 13.6. The van der Waals surface area contributed by atoms with Gasteiger partial charge in [-0.1, -0.05) is 58.4 Å². The standard InChI is InChI=1S/C28H36N4O2S2/c1-17(2)19(4)29-22(33)15-31-23(34)16-36-25(21-9-8-14-35-21)24-26(28(5,6)7)30-32(27(24)31)20-12-10-18(3)11-13-20/h8-14,17,19,25H,15-16H2,1-7H3,(H,29,33). The lowest BCUT2D eigenvalue weighted by Gasteiger charge is -2.25. The van der Waals surface area contributed by atoms with Crippen LogP contribution in [0.4, 0.5) is 5.82 Å². The molecule has 4 rings (SSSR count). The van der Waals surface area contributed by atoms with Crippen LogP contribution in [0.1, 0.15) is 68.5 Å². The Morgan fingerprint density at radius 3 is 2.44 bits per heavy atom. The van der Waals surface area contributed by atoms with E-state index >= 15 is 0 Å². The Kier molecular flexibility index (Phi) is 7.67. The van der Waals surface area contributed by atoms with Gasteiger partial charge < -0.3 is 5.32 Å². The number of aryl methyl sites for hydroxylation is 1. The second kappa shape index (κ2) is 10.4. The minimum atomic E-state index is -0.260. The number of carbonyl (C=O) groups excluding carboxylic acids is 2. The topological polar surface area (TPSA) is 67.2 Å². The summed E-state index contributed by atoms with van der Waals surface area (Å²) in [5.41, 5.74) is 3.72. The molecule has 2 unspecified atom stereocenters. The molecule has 6 nitrogen and oxygen atoms in total. The molecule has 1 aliphatic rings. The first-order chi connectivity index (χ1) is 17.0. The zero-order valence-corrected chi connectivity index (χ0v) is 23.8. The summed E-state index contributed by atoms with van der Waals surface area (Å²) in [7, 11) is 0. The summed E-state index contributed by atoms with van der Waals surface area (Å²) in [6.07, 6.45) is 0. The number of nitrogens with zero attached hydrogens (tertiary/aromatic N) is 3. The fraction of sp³-hybridized carbons (Fsp3) is 0.464. The van der Waals surface area contributed by atoms with Crippen LogP contribution in [0, 0.1) is 12.8 Å². The fourth-order valence-electron chi connectivity index (χ4n) is 4.21. The highest BCUT2D eigenvalue weighted by atomic mass is 32.2. The third-order valence-electron chi connectivity index (χ3n) is 6.57. The summed E-state index contributed by atoms with van der Waals surface area (Å²) in [5, 5.41) is 10.2. The summed E-state index contributed by atoms with van der Waals surface area (Å²) in [5.74, 6) is 1.05. The molecule has 3 heterocycles. The highest BCUT2D eigenvalue weighted by Gasteiger charge is 2.40. The molecular weight excluding hydrogens is 488 g/mol. The first-order valence-electron chi connectivity index (χ1n) is 12.4. The van der Waals surface area contributed by atoms with Crippen molar-refractivity contribution in [3.63, 3.8) is 0 Å². The van der Waals surface area contributed by atoms with Crippen LogP contribution >= 0.6 is 23.1 Å². The predicted octanol–water partition coefficient (Wildman–Crippen LogP) is 5.87. The summed E-state index contributed by atoms with van der Waals surface area (Å²) < 4.78 is 1.87. The van der Waals surface area contributed by atoms with E-state index < -0.39 is 0 Å². The number of carbonyl (C=O) groups is 2. The van der Waals surface area contributed by atoms with Crippen molar-refractivity contribution in [3.05, 3.63) is 63.5 Å². The van der Waals surface area contributed by atoms with E-state index in [-0.39, 0.29) is 35.1 Å². The Labute approximate surface area is 222 Å². The van der Waals surface area contributed by atoms with Gasteiger partial charge in [0.05, 0.1) is 22.4 Å². The predicted molar refractivity (Wildman–Crippen MR) is 150 cm³/mol. The molecule has 1 aliphatic heterocycles. The average molecular weight is 525 g/mol. The molecule has 0 radical (unpaired) electrons. The number of thioether (sulfide) groups is 1. The number of anilines is 1. The van der Waals surface area contributed by atoms with E-state index in [1.807, 2.05) is 48.9 Å². The van der Waals surface area contributed by atoms with Crippen LogP contribution < -0.4 is 10.2 Å². The van der Waals surface area contributed by atoms with Gasteiger partial charge in [-0.05, 0) is 43.3 Å². The quantitative estimate of drug-likeness (QED) is 0.438. The molecule has 0 aliphatic carbocycles. The van der Waals surface area contributed by atoms with E-state index in [2.05, 4.69) is 51.4 Å². The van der Waals surface area contributed by atoms with Crippen LogP contribution in [-0.2, 0) is 15.0 Å². The molecule has 8 heteroatoms. The van der Waals surface area contributed by atoms with Crippen LogP contribution in [0.15, 0.2) is 41.8 Å². The van der Waals surface area contributed by atoms with Crippen molar-refractivity contribution in [2.24, 2.45) is 5.92 Å². The Morgan fingerprint density at radius 1 is 1.17 bits per heavy atom. The van der Waals surface area contributed by atoms with E-state index in [9.17, 15) is 9.59 Å². The van der Waals surface area contributed by atoms with Gasteiger partial charge in [0.25, 0.3) is 0 Å². The molecular formula is C28H36N4O2S2. The Bertz CT molecular complexity index is 1220. The van der Waals surface area contributed by atoms with Crippen LogP contribution in [0.25, 0.3) is 5.69 Å². The maximum Gasteiger partial charge on any atom is 0.240 e. The molecule has 1 N–H and O–H groups in total. The molecule has 2 aromatic heterocycles. The van der Waals surface area contributed by atoms with Gasteiger partial charge in [-0.15, -0.1) is 23.1 Å². The van der Waals surface area contributed by atoms with Gasteiger partial charge in [0.15, 0.2) is 0 Å². The Balaban J connectivity index is 1.93. The van der Waals surface area contributed by atoms with Gasteiger partial charge in [0.1, 0.15) is 12.4 Å². The van der Waals surface area contributed by atoms with E-state index in [1.165, 1.54) is 4.88 Å². The first-order valence-corrected chi connectivity index (χ1v) is 14.4. The Morgan fingerprint density at radius 2 is 1.86 bits per heavy atom. The lowest BCUT2D eigenvalue weighted by atomic mass is 9.88. The monoisotopic (exact) mass is 524 g/mol. The number of nitrogens with one attached hydrogen (secondary N) is 1. The van der Waals surface area contributed by atoms with Crippen LogP contribution in [0.5, 0.6) is 0 Å². The van der Waals surface area contributed by atoms with Gasteiger partial charge in [0, 0.05) is 21.9 Å². The fourth-order valence-corrected chi connectivity index (χ4v) is 6.39. The minimum absolute atomic E-state index is 0.0134. The third kappa shape index (κ3) is 5.39. The smallest absolute Gasteiger partial charge is 0.240 e. The first kappa shape index (κ1) is 26.5. The number of rotatable bonds is 6. The number of aromatic nitrogens is 2. The summed E-state index contributed by atoms with van der Waals surface area (Å²) >= 11 is 3.31. The van der Waals surface area contributed by atoms with E-state index in [4.69, 9.17) is 5.10 Å². The molecule has 0 spiro atoms. The van der Waals surface area contributed by atoms with Crippen molar-refractivity contribution < 1.29 is 9.59 Å². The van der Waals surface area contributed by atoms with Gasteiger partial charge in [-0.3, -0.25) is 14.5 Å². The number of thiophene rings is 1. The number of fused-ring (bicyclic) bond motifs is 1. The van der Waals surface area contributed by atoms with Crippen LogP contribution in [0.3, 0.4) is 0 Å². The normalized spacial score (nSPS) is 17.2. The molecule has 0 bridgehead atoms. The zero-order valence-electron chi connectivity index (χ0n) is 22.2. The van der Waals surface area contributed by atoms with E-state index in [1.54, 1.807) is 28.0 Å². The van der Waals surface area contributed by atoms with Crippen molar-refractivity contribution in [1.82, 2.24) is 15.1 Å². The second-order valence-corrected chi connectivity index (χ2v) is 12.9. The SMILES string of the molecule is Cc1ccc(-n2nc(C(C)(C)C)c3c2N(CC(=O)NC(C)C(C)C)C(=O)CSC3c2cccs2)cc1. The van der Waals surface area contributed by atoms with Gasteiger partial charge in [-0.25, -0.2) is 4.68 Å². The number of amides is 2. The average Bonchev–Trinajstić information content (AvgIpc) is 3.44. The van der Waals surface area contributed by atoms with Crippen molar-refractivity contribution in [2.75, 3.05) is 17.2 Å². The molecule has 3 aromatic rings. The van der Waals surface area contributed by atoms with E-state index in [0.29, 0.717) is 17.5 Å². The molecule has 0 fully saturated rings. The highest BCUT2D eigenvalue weighted by molar-refractivity contribution is 8.00. The van der Waals surface area contributed by atoms with Crippen LogP contribution in [-0.4, -0.2) is 39.9 Å². The molecule has 192 valence electrons. The summed E-state index contributed by atoms with van der Waals surface area (Å²) in [6, 6.07) is 12.3. The number of hydrogen-bond acceptors (Lipinski definition) is 5.